The highest BCUT2D eigenvalue weighted by atomic mass is 16.4. The normalized spacial score (nSPS) is 22.2. The van der Waals surface area contributed by atoms with Crippen LogP contribution in [0.4, 0.5) is 5.69 Å². The largest absolute Gasteiger partial charge is 0.478 e. The number of para-hydroxylation sites is 1. The van der Waals surface area contributed by atoms with Gasteiger partial charge < -0.3 is 10.4 Å². The molecule has 7 rings (SSSR count). The minimum absolute atomic E-state index is 0.0605. The van der Waals surface area contributed by atoms with Crippen molar-refractivity contribution in [3.63, 3.8) is 0 Å². The van der Waals surface area contributed by atoms with Gasteiger partial charge in [0.15, 0.2) is 0 Å². The average molecular weight is 418 g/mol. The predicted octanol–water partition coefficient (Wildman–Crippen LogP) is 6.11. The lowest BCUT2D eigenvalue weighted by atomic mass is 9.74. The minimum atomic E-state index is -0.877. The highest BCUT2D eigenvalue weighted by Crippen LogP contribution is 2.55. The van der Waals surface area contributed by atoms with Gasteiger partial charge in [0.1, 0.15) is 0 Å². The fourth-order valence-corrected chi connectivity index (χ4v) is 6.61. The number of benzene rings is 4. The Morgan fingerprint density at radius 3 is 2.41 bits per heavy atom. The second kappa shape index (κ2) is 6.46. The maximum Gasteiger partial charge on any atom is 0.337 e. The molecular formula is C29H23NO2. The number of nitrogens with one attached hydrogen (secondary N) is 1. The summed E-state index contributed by atoms with van der Waals surface area (Å²) in [6, 6.07) is 25.7. The van der Waals surface area contributed by atoms with E-state index in [4.69, 9.17) is 0 Å². The second-order valence-corrected chi connectivity index (χ2v) is 9.40. The van der Waals surface area contributed by atoms with Crippen molar-refractivity contribution in [1.29, 1.82) is 0 Å². The summed E-state index contributed by atoms with van der Waals surface area (Å²) in [6.45, 7) is 0. The zero-order chi connectivity index (χ0) is 21.4. The molecule has 3 atom stereocenters. The molecule has 0 amide bonds. The number of anilines is 1. The van der Waals surface area contributed by atoms with E-state index in [9.17, 15) is 9.90 Å². The molecule has 3 nitrogen and oxygen atoms in total. The van der Waals surface area contributed by atoms with Gasteiger partial charge in [-0.2, -0.15) is 0 Å². The molecule has 2 N–H and O–H groups in total. The quantitative estimate of drug-likeness (QED) is 0.414. The molecule has 0 spiro atoms. The summed E-state index contributed by atoms with van der Waals surface area (Å²) in [5, 5.41) is 16.4. The summed E-state index contributed by atoms with van der Waals surface area (Å²) in [6.07, 6.45) is 3.22. The summed E-state index contributed by atoms with van der Waals surface area (Å²) >= 11 is 0. The van der Waals surface area contributed by atoms with E-state index in [1.54, 1.807) is 6.07 Å². The Hall–Kier alpha value is -3.59. The van der Waals surface area contributed by atoms with E-state index in [1.807, 2.05) is 6.07 Å². The van der Waals surface area contributed by atoms with Gasteiger partial charge in [0, 0.05) is 5.92 Å². The molecule has 4 aromatic carbocycles. The maximum absolute atomic E-state index is 12.1. The van der Waals surface area contributed by atoms with Gasteiger partial charge in [-0.05, 0) is 75.4 Å². The van der Waals surface area contributed by atoms with E-state index in [0.717, 1.165) is 30.5 Å². The third-order valence-corrected chi connectivity index (χ3v) is 7.91. The van der Waals surface area contributed by atoms with Gasteiger partial charge in [-0.15, -0.1) is 0 Å². The van der Waals surface area contributed by atoms with Crippen LogP contribution in [0.5, 0.6) is 0 Å². The Balaban J connectivity index is 1.49. The Kier molecular flexibility index (Phi) is 3.64. The van der Waals surface area contributed by atoms with Gasteiger partial charge in [0.2, 0.25) is 0 Å². The van der Waals surface area contributed by atoms with Crippen molar-refractivity contribution in [3.8, 4) is 0 Å². The Morgan fingerprint density at radius 1 is 0.781 bits per heavy atom. The number of hydrogen-bond donors (Lipinski definition) is 2. The number of rotatable bonds is 2. The van der Waals surface area contributed by atoms with Gasteiger partial charge in [-0.3, -0.25) is 0 Å². The molecule has 1 heterocycles. The van der Waals surface area contributed by atoms with Crippen molar-refractivity contribution >= 4 is 22.4 Å². The lowest BCUT2D eigenvalue weighted by Gasteiger charge is -2.39. The number of hydrogen-bond acceptors (Lipinski definition) is 2. The number of aryl methyl sites for hydroxylation is 2. The van der Waals surface area contributed by atoms with Crippen LogP contribution in [0.1, 0.15) is 55.7 Å². The molecule has 0 unspecified atom stereocenters. The van der Waals surface area contributed by atoms with Crippen LogP contribution >= 0.6 is 0 Å². The Labute approximate surface area is 186 Å². The van der Waals surface area contributed by atoms with Crippen LogP contribution < -0.4 is 5.32 Å². The summed E-state index contributed by atoms with van der Waals surface area (Å²) in [7, 11) is 0. The van der Waals surface area contributed by atoms with Crippen molar-refractivity contribution in [2.24, 2.45) is 5.92 Å². The number of carboxylic acids is 1. The number of fused-ring (bicyclic) bond motifs is 5. The highest BCUT2D eigenvalue weighted by Gasteiger charge is 2.44. The van der Waals surface area contributed by atoms with Crippen molar-refractivity contribution in [2.75, 3.05) is 5.32 Å². The molecule has 0 saturated heterocycles. The van der Waals surface area contributed by atoms with Crippen molar-refractivity contribution in [1.82, 2.24) is 0 Å². The van der Waals surface area contributed by atoms with Crippen LogP contribution in [0.15, 0.2) is 72.8 Å². The predicted molar refractivity (Wildman–Crippen MR) is 127 cm³/mol. The molecular weight excluding hydrogens is 394 g/mol. The van der Waals surface area contributed by atoms with Gasteiger partial charge in [0.05, 0.1) is 17.3 Å². The second-order valence-electron chi connectivity index (χ2n) is 9.40. The van der Waals surface area contributed by atoms with E-state index in [1.165, 1.54) is 38.6 Å². The van der Waals surface area contributed by atoms with E-state index in [-0.39, 0.29) is 12.0 Å². The summed E-state index contributed by atoms with van der Waals surface area (Å²) < 4.78 is 0. The van der Waals surface area contributed by atoms with Crippen LogP contribution in [0.3, 0.4) is 0 Å². The minimum Gasteiger partial charge on any atom is -0.478 e. The molecule has 3 heteroatoms. The van der Waals surface area contributed by atoms with Crippen LogP contribution in [0, 0.1) is 5.92 Å². The molecule has 2 aliphatic carbocycles. The van der Waals surface area contributed by atoms with Gasteiger partial charge >= 0.3 is 5.97 Å². The topological polar surface area (TPSA) is 49.3 Å². The SMILES string of the molecule is O=C(O)c1cccc2c1N[C@H](c1ccc3c4c(cccc14)CC3)[C@@H]1Cc3ccccc3[C@@H]21. The molecule has 32 heavy (non-hydrogen) atoms. The van der Waals surface area contributed by atoms with Crippen LogP contribution in [-0.2, 0) is 19.3 Å². The molecule has 0 radical (unpaired) electrons. The van der Waals surface area contributed by atoms with E-state index in [2.05, 4.69) is 66.0 Å². The highest BCUT2D eigenvalue weighted by molar-refractivity contribution is 5.97. The molecule has 3 aliphatic rings. The summed E-state index contributed by atoms with van der Waals surface area (Å²) in [5.74, 6) is -0.324. The molecule has 156 valence electrons. The Bertz CT molecular complexity index is 1430. The number of aromatic carboxylic acids is 1. The van der Waals surface area contributed by atoms with Gasteiger partial charge in [-0.25, -0.2) is 4.79 Å². The van der Waals surface area contributed by atoms with Gasteiger partial charge in [0.25, 0.3) is 0 Å². The van der Waals surface area contributed by atoms with E-state index >= 15 is 0 Å². The molecule has 0 aromatic heterocycles. The summed E-state index contributed by atoms with van der Waals surface area (Å²) in [4.78, 5) is 12.1. The van der Waals surface area contributed by atoms with E-state index in [0.29, 0.717) is 11.5 Å². The third kappa shape index (κ3) is 2.34. The van der Waals surface area contributed by atoms with Gasteiger partial charge in [-0.1, -0.05) is 66.7 Å². The molecule has 4 aromatic rings. The lowest BCUT2D eigenvalue weighted by molar-refractivity contribution is 0.0697. The average Bonchev–Trinajstić information content (AvgIpc) is 3.42. The fraction of sp³-hybridized carbons (Fsp3) is 0.207. The fourth-order valence-electron chi connectivity index (χ4n) is 6.61. The number of carboxylic acid groups (broad SMARTS) is 1. The first-order valence-corrected chi connectivity index (χ1v) is 11.4. The maximum atomic E-state index is 12.1. The first kappa shape index (κ1) is 18.0. The first-order chi connectivity index (χ1) is 15.7. The smallest absolute Gasteiger partial charge is 0.337 e. The van der Waals surface area contributed by atoms with Crippen LogP contribution in [-0.4, -0.2) is 11.1 Å². The zero-order valence-electron chi connectivity index (χ0n) is 17.6. The third-order valence-electron chi connectivity index (χ3n) is 7.91. The zero-order valence-corrected chi connectivity index (χ0v) is 17.6. The molecule has 0 fully saturated rings. The lowest BCUT2D eigenvalue weighted by Crippen LogP contribution is -2.31. The Morgan fingerprint density at radius 2 is 1.53 bits per heavy atom. The molecule has 0 bridgehead atoms. The molecule has 1 aliphatic heterocycles. The van der Waals surface area contributed by atoms with Crippen molar-refractivity contribution < 1.29 is 9.90 Å². The first-order valence-electron chi connectivity index (χ1n) is 11.4. The monoisotopic (exact) mass is 417 g/mol. The number of carbonyl (C=O) groups is 1. The van der Waals surface area contributed by atoms with E-state index < -0.39 is 5.97 Å². The standard InChI is InChI=1S/C29H23NO2/c31-29(32)23-10-4-9-22-26-19-7-2-1-5-18(19)15-24(26)27(30-28(22)23)21-14-13-17-12-11-16-6-3-8-20(21)25(16)17/h1-10,13-14,24,26-27,30H,11-12,15H2,(H,31,32)/t24-,26+,27-/m1/s1. The van der Waals surface area contributed by atoms with Crippen molar-refractivity contribution in [2.45, 2.75) is 31.2 Å². The molecule has 0 saturated carbocycles. The van der Waals surface area contributed by atoms with Crippen molar-refractivity contribution in [3.05, 3.63) is 112 Å². The van der Waals surface area contributed by atoms with Crippen LogP contribution in [0.2, 0.25) is 0 Å². The van der Waals surface area contributed by atoms with Crippen LogP contribution in [0.25, 0.3) is 10.8 Å². The summed E-state index contributed by atoms with van der Waals surface area (Å²) in [5.41, 5.74) is 9.16.